The van der Waals surface area contributed by atoms with E-state index in [1.807, 2.05) is 60.7 Å². The molecule has 7 heteroatoms. The van der Waals surface area contributed by atoms with E-state index in [0.29, 0.717) is 0 Å². The summed E-state index contributed by atoms with van der Waals surface area (Å²) in [5.74, 6) is -0.574. The predicted molar refractivity (Wildman–Crippen MR) is 104 cm³/mol. The zero-order valence-corrected chi connectivity index (χ0v) is 16.2. The van der Waals surface area contributed by atoms with Gasteiger partial charge in [0.15, 0.2) is 12.4 Å². The van der Waals surface area contributed by atoms with Crippen molar-refractivity contribution < 1.29 is 34.0 Å². The number of aliphatic hydroxyl groups excluding tert-OH is 2. The smallest absolute Gasteiger partial charge is 0.303 e. The summed E-state index contributed by atoms with van der Waals surface area (Å²) in [4.78, 5) is 11.6. The minimum atomic E-state index is -1.44. The van der Waals surface area contributed by atoms with Crippen LogP contribution in [0.3, 0.4) is 0 Å². The molecule has 7 nitrogen and oxygen atoms in total. The molecule has 1 heterocycles. The van der Waals surface area contributed by atoms with Gasteiger partial charge in [-0.3, -0.25) is 4.79 Å². The highest BCUT2D eigenvalue weighted by molar-refractivity contribution is 5.66. The summed E-state index contributed by atoms with van der Waals surface area (Å²) in [7, 11) is 0. The fourth-order valence-electron chi connectivity index (χ4n) is 3.28. The van der Waals surface area contributed by atoms with E-state index in [1.54, 1.807) is 0 Å². The van der Waals surface area contributed by atoms with Gasteiger partial charge in [-0.2, -0.15) is 0 Å². The topological polar surface area (TPSA) is 94.5 Å². The van der Waals surface area contributed by atoms with Gasteiger partial charge in [0.1, 0.15) is 18.3 Å². The Morgan fingerprint density at radius 2 is 1.41 bits per heavy atom. The minimum absolute atomic E-state index is 0.222. The lowest BCUT2D eigenvalue weighted by Gasteiger charge is -2.43. The normalized spacial score (nSPS) is 26.8. The maximum atomic E-state index is 11.6. The van der Waals surface area contributed by atoms with E-state index < -0.39 is 36.7 Å². The van der Waals surface area contributed by atoms with Crippen molar-refractivity contribution in [3.8, 4) is 0 Å². The van der Waals surface area contributed by atoms with Gasteiger partial charge < -0.3 is 29.2 Å². The molecular formula is C22H26O7. The molecule has 156 valence electrons. The Balaban J connectivity index is 1.80. The number of carbonyl (C=O) groups excluding carboxylic acids is 1. The zero-order valence-electron chi connectivity index (χ0n) is 16.2. The van der Waals surface area contributed by atoms with Crippen LogP contribution in [0.5, 0.6) is 0 Å². The van der Waals surface area contributed by atoms with Crippen LogP contribution in [-0.2, 0) is 37.0 Å². The van der Waals surface area contributed by atoms with Crippen LogP contribution in [0.15, 0.2) is 60.7 Å². The summed E-state index contributed by atoms with van der Waals surface area (Å²) < 4.78 is 22.8. The van der Waals surface area contributed by atoms with Crippen LogP contribution in [0, 0.1) is 0 Å². The minimum Gasteiger partial charge on any atom is -0.454 e. The highest BCUT2D eigenvalue weighted by Crippen LogP contribution is 2.28. The quantitative estimate of drug-likeness (QED) is 0.650. The van der Waals surface area contributed by atoms with Crippen LogP contribution in [0.1, 0.15) is 18.1 Å². The van der Waals surface area contributed by atoms with Crippen molar-refractivity contribution in [2.24, 2.45) is 0 Å². The second kappa shape index (κ2) is 10.5. The van der Waals surface area contributed by atoms with Gasteiger partial charge >= 0.3 is 5.97 Å². The van der Waals surface area contributed by atoms with Crippen LogP contribution >= 0.6 is 0 Å². The summed E-state index contributed by atoms with van der Waals surface area (Å²) >= 11 is 0. The first-order chi connectivity index (χ1) is 14.1. The van der Waals surface area contributed by atoms with Crippen LogP contribution in [0.2, 0.25) is 0 Å². The number of benzene rings is 2. The summed E-state index contributed by atoms with van der Waals surface area (Å²) in [6, 6.07) is 19.0. The molecule has 0 bridgehead atoms. The number of hydrogen-bond donors (Lipinski definition) is 2. The third kappa shape index (κ3) is 5.85. The average Bonchev–Trinajstić information content (AvgIpc) is 2.74. The molecule has 5 atom stereocenters. The number of rotatable bonds is 8. The third-order valence-corrected chi connectivity index (χ3v) is 4.66. The highest BCUT2D eigenvalue weighted by Gasteiger charge is 2.48. The number of aliphatic hydroxyl groups is 2. The van der Waals surface area contributed by atoms with E-state index in [1.165, 1.54) is 6.92 Å². The van der Waals surface area contributed by atoms with Crippen LogP contribution in [0.25, 0.3) is 0 Å². The molecule has 2 aromatic carbocycles. The van der Waals surface area contributed by atoms with E-state index >= 15 is 0 Å². The zero-order chi connectivity index (χ0) is 20.6. The van der Waals surface area contributed by atoms with Gasteiger partial charge in [0.25, 0.3) is 0 Å². The molecule has 2 N–H and O–H groups in total. The molecule has 29 heavy (non-hydrogen) atoms. The Morgan fingerprint density at radius 1 is 0.897 bits per heavy atom. The second-order valence-electron chi connectivity index (χ2n) is 6.84. The lowest BCUT2D eigenvalue weighted by molar-refractivity contribution is -0.307. The lowest BCUT2D eigenvalue weighted by atomic mass is 9.98. The van der Waals surface area contributed by atoms with Crippen molar-refractivity contribution in [2.75, 3.05) is 6.61 Å². The SMILES string of the molecule is CC(=O)O[C@H]1[C@@H](OCc2ccccc2)[C@H](OCc2ccccc2)[C@@H](CO)O[C@@H]1O. The Kier molecular flexibility index (Phi) is 7.74. The summed E-state index contributed by atoms with van der Waals surface area (Å²) in [6.45, 7) is 1.34. The van der Waals surface area contributed by atoms with E-state index in [-0.39, 0.29) is 19.8 Å². The maximum Gasteiger partial charge on any atom is 0.303 e. The maximum absolute atomic E-state index is 11.6. The number of hydrogen-bond acceptors (Lipinski definition) is 7. The van der Waals surface area contributed by atoms with E-state index in [9.17, 15) is 15.0 Å². The molecule has 1 aliphatic rings. The lowest BCUT2D eigenvalue weighted by Crippen LogP contribution is -2.61. The van der Waals surface area contributed by atoms with E-state index in [2.05, 4.69) is 0 Å². The van der Waals surface area contributed by atoms with Gasteiger partial charge in [-0.25, -0.2) is 0 Å². The van der Waals surface area contributed by atoms with E-state index in [4.69, 9.17) is 18.9 Å². The summed E-state index contributed by atoms with van der Waals surface area (Å²) in [5, 5.41) is 20.1. The average molecular weight is 402 g/mol. The van der Waals surface area contributed by atoms with Crippen molar-refractivity contribution in [1.82, 2.24) is 0 Å². The molecule has 0 amide bonds. The number of ether oxygens (including phenoxy) is 4. The second-order valence-corrected chi connectivity index (χ2v) is 6.84. The van der Waals surface area contributed by atoms with Gasteiger partial charge in [-0.05, 0) is 11.1 Å². The predicted octanol–water partition coefficient (Wildman–Crippen LogP) is 1.80. The number of carbonyl (C=O) groups is 1. The molecule has 0 radical (unpaired) electrons. The Hall–Kier alpha value is -2.29. The van der Waals surface area contributed by atoms with Crippen molar-refractivity contribution >= 4 is 5.97 Å². The van der Waals surface area contributed by atoms with Crippen molar-refractivity contribution in [3.63, 3.8) is 0 Å². The molecule has 3 rings (SSSR count). The Bertz CT molecular complexity index is 752. The van der Waals surface area contributed by atoms with Gasteiger partial charge in [0.2, 0.25) is 0 Å². The molecule has 0 spiro atoms. The van der Waals surface area contributed by atoms with Crippen LogP contribution < -0.4 is 0 Å². The fraction of sp³-hybridized carbons (Fsp3) is 0.409. The molecule has 0 aromatic heterocycles. The molecule has 0 saturated carbocycles. The number of esters is 1. The Labute approximate surface area is 169 Å². The third-order valence-electron chi connectivity index (χ3n) is 4.66. The monoisotopic (exact) mass is 402 g/mol. The molecule has 1 fully saturated rings. The van der Waals surface area contributed by atoms with E-state index in [0.717, 1.165) is 11.1 Å². The van der Waals surface area contributed by atoms with Gasteiger partial charge in [0.05, 0.1) is 19.8 Å². The van der Waals surface area contributed by atoms with Crippen molar-refractivity contribution in [1.29, 1.82) is 0 Å². The van der Waals surface area contributed by atoms with Crippen LogP contribution in [-0.4, -0.2) is 53.5 Å². The standard InChI is InChI=1S/C22H26O7/c1-15(24)28-21-20(27-14-17-10-6-3-7-11-17)19(18(12-23)29-22(21)25)26-13-16-8-4-2-5-9-16/h2-11,18-23,25H,12-14H2,1H3/t18-,19-,20+,21+,22+/m1/s1. The summed E-state index contributed by atoms with van der Waals surface area (Å²) in [5.41, 5.74) is 1.85. The van der Waals surface area contributed by atoms with Crippen molar-refractivity contribution in [3.05, 3.63) is 71.8 Å². The van der Waals surface area contributed by atoms with Gasteiger partial charge in [-0.1, -0.05) is 60.7 Å². The van der Waals surface area contributed by atoms with Crippen molar-refractivity contribution in [2.45, 2.75) is 50.8 Å². The molecule has 0 unspecified atom stereocenters. The summed E-state index contributed by atoms with van der Waals surface area (Å²) in [6.07, 6.45) is -4.94. The first-order valence-corrected chi connectivity index (χ1v) is 9.51. The Morgan fingerprint density at radius 3 is 1.90 bits per heavy atom. The molecule has 1 saturated heterocycles. The largest absolute Gasteiger partial charge is 0.454 e. The van der Waals surface area contributed by atoms with Gasteiger partial charge in [0, 0.05) is 6.92 Å². The first-order valence-electron chi connectivity index (χ1n) is 9.51. The molecular weight excluding hydrogens is 376 g/mol. The first kappa shape index (κ1) is 21.4. The molecule has 2 aromatic rings. The van der Waals surface area contributed by atoms with Crippen LogP contribution in [0.4, 0.5) is 0 Å². The fourth-order valence-corrected chi connectivity index (χ4v) is 3.28. The molecule has 0 aliphatic carbocycles. The molecule has 1 aliphatic heterocycles. The highest BCUT2D eigenvalue weighted by atomic mass is 16.7. The van der Waals surface area contributed by atoms with Gasteiger partial charge in [-0.15, -0.1) is 0 Å².